The minimum absolute atomic E-state index is 0.0771. The van der Waals surface area contributed by atoms with Crippen LogP contribution in [0, 0.1) is 5.92 Å². The van der Waals surface area contributed by atoms with Gasteiger partial charge in [0, 0.05) is 18.3 Å². The van der Waals surface area contributed by atoms with Gasteiger partial charge in [0.25, 0.3) is 5.91 Å². The van der Waals surface area contributed by atoms with Crippen LogP contribution in [0.1, 0.15) is 35.5 Å². The first kappa shape index (κ1) is 18.1. The number of nitrogens with one attached hydrogen (secondary N) is 2. The Kier molecular flexibility index (Phi) is 5.06. The molecule has 6 heteroatoms. The van der Waals surface area contributed by atoms with E-state index in [2.05, 4.69) is 15.3 Å². The number of imidazole rings is 1. The van der Waals surface area contributed by atoms with Gasteiger partial charge in [0.2, 0.25) is 0 Å². The maximum atomic E-state index is 12.0. The Balaban J connectivity index is 2.00. The van der Waals surface area contributed by atoms with Crippen LogP contribution < -0.4 is 5.32 Å². The van der Waals surface area contributed by atoms with Crippen LogP contribution in [0.2, 0.25) is 0 Å². The molecule has 1 atom stereocenters. The maximum Gasteiger partial charge on any atom is 0.251 e. The number of carbonyl (C=O) groups is 1. The minimum atomic E-state index is -1.20. The van der Waals surface area contributed by atoms with Gasteiger partial charge >= 0.3 is 0 Å². The lowest BCUT2D eigenvalue weighted by atomic mass is 9.80. The van der Waals surface area contributed by atoms with Crippen molar-refractivity contribution in [2.45, 2.75) is 19.4 Å². The van der Waals surface area contributed by atoms with Gasteiger partial charge in [0.05, 0.1) is 18.6 Å². The molecule has 1 amide bonds. The first-order valence-electron chi connectivity index (χ1n) is 8.61. The largest absolute Gasteiger partial charge is 0.395 e. The Hall–Kier alpha value is -2.70. The molecule has 2 aromatic carbocycles. The number of aliphatic hydroxyl groups excluding tert-OH is 1. The predicted molar refractivity (Wildman–Crippen MR) is 99.8 cm³/mol. The van der Waals surface area contributed by atoms with Crippen LogP contribution in [-0.4, -0.2) is 39.2 Å². The van der Waals surface area contributed by atoms with E-state index in [1.165, 1.54) is 0 Å². The number of fused-ring (bicyclic) bond motifs is 1. The Bertz CT molecular complexity index is 906. The molecule has 0 saturated heterocycles. The molecule has 26 heavy (non-hydrogen) atoms. The number of hydrogen-bond donors (Lipinski definition) is 4. The summed E-state index contributed by atoms with van der Waals surface area (Å²) in [5.74, 6) is -0.299. The Morgan fingerprint density at radius 1 is 1.23 bits per heavy atom. The van der Waals surface area contributed by atoms with Gasteiger partial charge in [0.15, 0.2) is 0 Å². The summed E-state index contributed by atoms with van der Waals surface area (Å²) in [6.07, 6.45) is 3.26. The number of rotatable bonds is 6. The van der Waals surface area contributed by atoms with Crippen molar-refractivity contribution in [2.75, 3.05) is 13.2 Å². The van der Waals surface area contributed by atoms with Gasteiger partial charge in [-0.25, -0.2) is 4.98 Å². The number of carbonyl (C=O) groups excluding carboxylic acids is 1. The van der Waals surface area contributed by atoms with E-state index in [1.807, 2.05) is 38.1 Å². The number of H-pyrrole nitrogens is 1. The summed E-state index contributed by atoms with van der Waals surface area (Å²) in [6, 6.07) is 11.1. The fraction of sp³-hybridized carbons (Fsp3) is 0.300. The number of aliphatic hydroxyl groups is 2. The van der Waals surface area contributed by atoms with Crippen LogP contribution in [0.3, 0.4) is 0 Å². The SMILES string of the molecule is CC(C)C(O)(c1ccc2cc(C(=O)NCCO)ccc2c1)c1c[nH]cn1. The zero-order valence-electron chi connectivity index (χ0n) is 14.9. The third-order valence-corrected chi connectivity index (χ3v) is 4.66. The van der Waals surface area contributed by atoms with E-state index in [1.54, 1.807) is 24.7 Å². The molecule has 1 aromatic heterocycles. The molecule has 136 valence electrons. The monoisotopic (exact) mass is 353 g/mol. The van der Waals surface area contributed by atoms with E-state index in [-0.39, 0.29) is 25.0 Å². The Labute approximate surface area is 151 Å². The van der Waals surface area contributed by atoms with Gasteiger partial charge < -0.3 is 20.5 Å². The van der Waals surface area contributed by atoms with Crippen LogP contribution in [0.4, 0.5) is 0 Å². The van der Waals surface area contributed by atoms with Crippen LogP contribution in [0.15, 0.2) is 48.9 Å². The summed E-state index contributed by atoms with van der Waals surface area (Å²) in [5, 5.41) is 24.6. The van der Waals surface area contributed by atoms with Crippen molar-refractivity contribution in [3.05, 3.63) is 65.7 Å². The maximum absolute atomic E-state index is 12.0. The Morgan fingerprint density at radius 3 is 2.62 bits per heavy atom. The summed E-state index contributed by atoms with van der Waals surface area (Å²) in [7, 11) is 0. The fourth-order valence-corrected chi connectivity index (χ4v) is 3.14. The van der Waals surface area contributed by atoms with Gasteiger partial charge in [-0.1, -0.05) is 32.0 Å². The van der Waals surface area contributed by atoms with Crippen molar-refractivity contribution in [1.82, 2.24) is 15.3 Å². The highest BCUT2D eigenvalue weighted by molar-refractivity contribution is 5.98. The summed E-state index contributed by atoms with van der Waals surface area (Å²) in [6.45, 7) is 4.03. The topological polar surface area (TPSA) is 98.2 Å². The highest BCUT2D eigenvalue weighted by Crippen LogP contribution is 2.36. The van der Waals surface area contributed by atoms with Gasteiger partial charge in [-0.3, -0.25) is 4.79 Å². The van der Waals surface area contributed by atoms with E-state index in [9.17, 15) is 9.90 Å². The van der Waals surface area contributed by atoms with E-state index in [0.717, 1.165) is 16.3 Å². The lowest BCUT2D eigenvalue weighted by molar-refractivity contribution is 0.0280. The van der Waals surface area contributed by atoms with E-state index >= 15 is 0 Å². The summed E-state index contributed by atoms with van der Waals surface area (Å²) >= 11 is 0. The van der Waals surface area contributed by atoms with E-state index in [4.69, 9.17) is 5.11 Å². The second-order valence-electron chi connectivity index (χ2n) is 6.63. The third-order valence-electron chi connectivity index (χ3n) is 4.66. The number of nitrogens with zero attached hydrogens (tertiary/aromatic N) is 1. The van der Waals surface area contributed by atoms with Crippen molar-refractivity contribution in [2.24, 2.45) is 5.92 Å². The van der Waals surface area contributed by atoms with Gasteiger partial charge in [-0.2, -0.15) is 0 Å². The van der Waals surface area contributed by atoms with Crippen LogP contribution in [0.5, 0.6) is 0 Å². The molecule has 0 aliphatic rings. The molecule has 3 aromatic rings. The zero-order chi connectivity index (χ0) is 18.7. The van der Waals surface area contributed by atoms with Crippen LogP contribution >= 0.6 is 0 Å². The summed E-state index contributed by atoms with van der Waals surface area (Å²) in [4.78, 5) is 19.2. The number of amides is 1. The minimum Gasteiger partial charge on any atom is -0.395 e. The quantitative estimate of drug-likeness (QED) is 0.546. The summed E-state index contributed by atoms with van der Waals surface area (Å²) in [5.41, 5.74) is 0.660. The molecule has 0 bridgehead atoms. The lowest BCUT2D eigenvalue weighted by Crippen LogP contribution is -2.33. The highest BCUT2D eigenvalue weighted by atomic mass is 16.3. The first-order valence-corrected chi connectivity index (χ1v) is 8.61. The predicted octanol–water partition coefficient (Wildman–Crippen LogP) is 2.18. The average Bonchev–Trinajstić information content (AvgIpc) is 3.19. The molecule has 0 radical (unpaired) electrons. The van der Waals surface area contributed by atoms with Crippen LogP contribution in [-0.2, 0) is 5.60 Å². The molecular formula is C20H23N3O3. The Morgan fingerprint density at radius 2 is 1.96 bits per heavy atom. The van der Waals surface area contributed by atoms with Crippen molar-refractivity contribution in [3.63, 3.8) is 0 Å². The normalized spacial score (nSPS) is 13.7. The zero-order valence-corrected chi connectivity index (χ0v) is 14.9. The van der Waals surface area contributed by atoms with Crippen molar-refractivity contribution in [1.29, 1.82) is 0 Å². The molecule has 0 aliphatic carbocycles. The fourth-order valence-electron chi connectivity index (χ4n) is 3.14. The number of hydrogen-bond acceptors (Lipinski definition) is 4. The molecule has 0 saturated carbocycles. The van der Waals surface area contributed by atoms with Gasteiger partial charge in [-0.05, 0) is 40.5 Å². The molecule has 4 N–H and O–H groups in total. The standard InChI is InChI=1S/C20H23N3O3/c1-13(2)20(26,18-11-21-12-23-18)17-6-5-14-9-16(4-3-15(14)10-17)19(25)22-7-8-24/h3-6,9-13,24,26H,7-8H2,1-2H3,(H,21,23)(H,22,25). The van der Waals surface area contributed by atoms with E-state index < -0.39 is 5.60 Å². The molecule has 0 aliphatic heterocycles. The molecule has 1 heterocycles. The molecule has 0 fully saturated rings. The smallest absolute Gasteiger partial charge is 0.251 e. The molecule has 1 unspecified atom stereocenters. The molecular weight excluding hydrogens is 330 g/mol. The molecule has 6 nitrogen and oxygen atoms in total. The van der Waals surface area contributed by atoms with E-state index in [0.29, 0.717) is 11.3 Å². The lowest BCUT2D eigenvalue weighted by Gasteiger charge is -2.31. The van der Waals surface area contributed by atoms with Crippen molar-refractivity contribution >= 4 is 16.7 Å². The van der Waals surface area contributed by atoms with Crippen LogP contribution in [0.25, 0.3) is 10.8 Å². The first-order chi connectivity index (χ1) is 12.5. The molecule has 0 spiro atoms. The average molecular weight is 353 g/mol. The van der Waals surface area contributed by atoms with Crippen molar-refractivity contribution in [3.8, 4) is 0 Å². The number of aromatic amines is 1. The van der Waals surface area contributed by atoms with Crippen molar-refractivity contribution < 1.29 is 15.0 Å². The second-order valence-corrected chi connectivity index (χ2v) is 6.63. The summed E-state index contributed by atoms with van der Waals surface area (Å²) < 4.78 is 0. The van der Waals surface area contributed by atoms with Gasteiger partial charge in [-0.15, -0.1) is 0 Å². The van der Waals surface area contributed by atoms with Gasteiger partial charge in [0.1, 0.15) is 5.60 Å². The second kappa shape index (κ2) is 7.27. The number of benzene rings is 2. The highest BCUT2D eigenvalue weighted by Gasteiger charge is 2.37. The third kappa shape index (κ3) is 3.21. The molecule has 3 rings (SSSR count). The number of aromatic nitrogens is 2.